The molecule has 3 nitrogen and oxygen atoms in total. The first-order valence-electron chi connectivity index (χ1n) is 4.01. The molecule has 0 unspecified atom stereocenters. The summed E-state index contributed by atoms with van der Waals surface area (Å²) in [5.74, 6) is 0.596. The zero-order chi connectivity index (χ0) is 9.68. The third-order valence-electron chi connectivity index (χ3n) is 1.79. The zero-order valence-corrected chi connectivity index (χ0v) is 7.53. The Balaban J connectivity index is 2.75. The van der Waals surface area contributed by atoms with Gasteiger partial charge in [0, 0.05) is 19.0 Å². The molecule has 1 aromatic rings. The fourth-order valence-corrected chi connectivity index (χ4v) is 1.00. The first-order valence-corrected chi connectivity index (χ1v) is 4.01. The summed E-state index contributed by atoms with van der Waals surface area (Å²) in [5, 5.41) is 0. The first-order chi connectivity index (χ1) is 6.26. The fourth-order valence-electron chi connectivity index (χ4n) is 1.00. The second-order valence-electron chi connectivity index (χ2n) is 2.75. The molecule has 1 rings (SSSR count). The number of hydrogen-bond acceptors (Lipinski definition) is 2. The maximum atomic E-state index is 10.3. The Morgan fingerprint density at radius 2 is 2.08 bits per heavy atom. The molecule has 3 heteroatoms. The van der Waals surface area contributed by atoms with Crippen molar-refractivity contribution in [1.82, 2.24) is 0 Å². The highest BCUT2D eigenvalue weighted by atomic mass is 16.1. The van der Waals surface area contributed by atoms with Gasteiger partial charge in [-0.05, 0) is 5.56 Å². The molecular weight excluding hydrogens is 164 g/mol. The molecule has 68 valence electrons. The minimum absolute atomic E-state index is 0.596. The van der Waals surface area contributed by atoms with Gasteiger partial charge in [0.15, 0.2) is 0 Å². The molecule has 0 saturated heterocycles. The second kappa shape index (κ2) is 4.40. The normalized spacial score (nSPS) is 11.3. The van der Waals surface area contributed by atoms with Crippen molar-refractivity contribution in [2.75, 3.05) is 7.05 Å². The van der Waals surface area contributed by atoms with E-state index >= 15 is 0 Å². The summed E-state index contributed by atoms with van der Waals surface area (Å²) in [6.07, 6.45) is 1.46. The molecule has 2 N–H and O–H groups in total. The van der Waals surface area contributed by atoms with Crippen LogP contribution in [0.4, 0.5) is 0 Å². The molecule has 0 aliphatic rings. The van der Waals surface area contributed by atoms with Crippen molar-refractivity contribution in [2.45, 2.75) is 6.42 Å². The molecule has 0 bridgehead atoms. The molecule has 0 aromatic heterocycles. The number of hydrogen-bond donors (Lipinski definition) is 1. The highest BCUT2D eigenvalue weighted by Crippen LogP contribution is 2.02. The summed E-state index contributed by atoms with van der Waals surface area (Å²) < 4.78 is 0. The molecule has 0 amide bonds. The number of carbonyl (C=O) groups is 1. The van der Waals surface area contributed by atoms with Crippen molar-refractivity contribution in [1.29, 1.82) is 0 Å². The van der Waals surface area contributed by atoms with Gasteiger partial charge in [0.2, 0.25) is 0 Å². The Bertz CT molecular complexity index is 314. The average molecular weight is 176 g/mol. The molecule has 0 saturated carbocycles. The van der Waals surface area contributed by atoms with E-state index in [-0.39, 0.29) is 0 Å². The molecule has 13 heavy (non-hydrogen) atoms. The lowest BCUT2D eigenvalue weighted by molar-refractivity contribution is 0.112. The van der Waals surface area contributed by atoms with Crippen LogP contribution in [0.15, 0.2) is 29.3 Å². The molecule has 1 aromatic carbocycles. The van der Waals surface area contributed by atoms with Crippen LogP contribution in [0.25, 0.3) is 0 Å². The molecule has 0 aliphatic heterocycles. The molecule has 0 aliphatic carbocycles. The smallest absolute Gasteiger partial charge is 0.150 e. The molecule has 0 fully saturated rings. The van der Waals surface area contributed by atoms with Gasteiger partial charge in [0.05, 0.1) is 5.84 Å². The van der Waals surface area contributed by atoms with Crippen LogP contribution in [0.1, 0.15) is 15.9 Å². The topological polar surface area (TPSA) is 55.4 Å². The summed E-state index contributed by atoms with van der Waals surface area (Å²) >= 11 is 0. The lowest BCUT2D eigenvalue weighted by Gasteiger charge is -1.99. The average Bonchev–Trinajstić information content (AvgIpc) is 2.19. The number of aliphatic imine (C=N–C) groups is 1. The quantitative estimate of drug-likeness (QED) is 0.425. The van der Waals surface area contributed by atoms with E-state index in [2.05, 4.69) is 4.99 Å². The number of carbonyl (C=O) groups excluding carboxylic acids is 1. The number of rotatable bonds is 3. The maximum absolute atomic E-state index is 10.3. The molecular formula is C10H12N2O. The van der Waals surface area contributed by atoms with Crippen LogP contribution in [0.3, 0.4) is 0 Å². The van der Waals surface area contributed by atoms with Crippen molar-refractivity contribution < 1.29 is 4.79 Å². The second-order valence-corrected chi connectivity index (χ2v) is 2.75. The Kier molecular flexibility index (Phi) is 3.20. The monoisotopic (exact) mass is 176 g/mol. The van der Waals surface area contributed by atoms with E-state index in [1.807, 2.05) is 12.1 Å². The van der Waals surface area contributed by atoms with Crippen molar-refractivity contribution >= 4 is 12.1 Å². The molecule has 0 atom stereocenters. The fraction of sp³-hybridized carbons (Fsp3) is 0.200. The highest BCUT2D eigenvalue weighted by molar-refractivity contribution is 5.82. The van der Waals surface area contributed by atoms with E-state index in [4.69, 9.17) is 5.73 Å². The molecule has 0 heterocycles. The maximum Gasteiger partial charge on any atom is 0.150 e. The van der Waals surface area contributed by atoms with E-state index in [0.717, 1.165) is 11.8 Å². The third kappa shape index (κ3) is 2.71. The highest BCUT2D eigenvalue weighted by Gasteiger charge is 1.95. The van der Waals surface area contributed by atoms with Crippen LogP contribution in [0, 0.1) is 0 Å². The summed E-state index contributed by atoms with van der Waals surface area (Å²) in [6, 6.07) is 7.29. The zero-order valence-electron chi connectivity index (χ0n) is 7.53. The lowest BCUT2D eigenvalue weighted by Crippen LogP contribution is -2.14. The Morgan fingerprint density at radius 1 is 1.46 bits per heavy atom. The van der Waals surface area contributed by atoms with E-state index in [1.165, 1.54) is 0 Å². The van der Waals surface area contributed by atoms with Gasteiger partial charge in [0.1, 0.15) is 6.29 Å². The summed E-state index contributed by atoms with van der Waals surface area (Å²) in [7, 11) is 1.66. The predicted molar refractivity (Wildman–Crippen MR) is 53.1 cm³/mol. The van der Waals surface area contributed by atoms with Crippen LogP contribution >= 0.6 is 0 Å². The van der Waals surface area contributed by atoms with Gasteiger partial charge in [-0.2, -0.15) is 0 Å². The van der Waals surface area contributed by atoms with Crippen molar-refractivity contribution in [3.05, 3.63) is 35.4 Å². The van der Waals surface area contributed by atoms with E-state index in [0.29, 0.717) is 17.8 Å². The minimum Gasteiger partial charge on any atom is -0.387 e. The lowest BCUT2D eigenvalue weighted by atomic mass is 10.1. The number of nitrogens with zero attached hydrogens (tertiary/aromatic N) is 1. The van der Waals surface area contributed by atoms with Crippen LogP contribution in [-0.4, -0.2) is 19.2 Å². The van der Waals surface area contributed by atoms with Crippen LogP contribution in [0.5, 0.6) is 0 Å². The van der Waals surface area contributed by atoms with Gasteiger partial charge in [-0.1, -0.05) is 24.3 Å². The van der Waals surface area contributed by atoms with E-state index in [9.17, 15) is 4.79 Å². The Labute approximate surface area is 77.3 Å². The van der Waals surface area contributed by atoms with Gasteiger partial charge in [0.25, 0.3) is 0 Å². The minimum atomic E-state index is 0.596. The number of nitrogens with two attached hydrogens (primary N) is 1. The molecule has 0 radical (unpaired) electrons. The number of benzene rings is 1. The van der Waals surface area contributed by atoms with Crippen LogP contribution < -0.4 is 5.73 Å². The van der Waals surface area contributed by atoms with Gasteiger partial charge in [-0.15, -0.1) is 0 Å². The largest absolute Gasteiger partial charge is 0.387 e. The third-order valence-corrected chi connectivity index (χ3v) is 1.79. The summed E-state index contributed by atoms with van der Waals surface area (Å²) in [5.41, 5.74) is 7.30. The SMILES string of the molecule is CN=C(N)Cc1ccc(C=O)cc1. The van der Waals surface area contributed by atoms with Crippen molar-refractivity contribution in [3.63, 3.8) is 0 Å². The molecule has 0 spiro atoms. The van der Waals surface area contributed by atoms with Crippen molar-refractivity contribution in [3.8, 4) is 0 Å². The first kappa shape index (κ1) is 9.45. The predicted octanol–water partition coefficient (Wildman–Crippen LogP) is 1.03. The van der Waals surface area contributed by atoms with Crippen LogP contribution in [0.2, 0.25) is 0 Å². The van der Waals surface area contributed by atoms with Crippen LogP contribution in [-0.2, 0) is 6.42 Å². The number of amidine groups is 1. The van der Waals surface area contributed by atoms with Crippen molar-refractivity contribution in [2.24, 2.45) is 10.7 Å². The van der Waals surface area contributed by atoms with Gasteiger partial charge < -0.3 is 5.73 Å². The van der Waals surface area contributed by atoms with Gasteiger partial charge in [-0.3, -0.25) is 9.79 Å². The van der Waals surface area contributed by atoms with E-state index < -0.39 is 0 Å². The van der Waals surface area contributed by atoms with E-state index in [1.54, 1.807) is 19.2 Å². The van der Waals surface area contributed by atoms with Gasteiger partial charge >= 0.3 is 0 Å². The summed E-state index contributed by atoms with van der Waals surface area (Å²) in [6.45, 7) is 0. The Hall–Kier alpha value is -1.64. The summed E-state index contributed by atoms with van der Waals surface area (Å²) in [4.78, 5) is 14.2. The number of aldehydes is 1. The van der Waals surface area contributed by atoms with Gasteiger partial charge in [-0.25, -0.2) is 0 Å². The Morgan fingerprint density at radius 3 is 2.54 bits per heavy atom. The standard InChI is InChI=1S/C10H12N2O/c1-12-10(11)6-8-2-4-9(7-13)5-3-8/h2-5,7H,6H2,1H3,(H2,11,12).